The van der Waals surface area contributed by atoms with E-state index in [9.17, 15) is 33.9 Å². The molecule has 2 fully saturated rings. The minimum atomic E-state index is -1.02. The number of nitrogens with zero attached hydrogens (tertiary/aromatic N) is 5. The number of imide groups is 2. The quantitative estimate of drug-likeness (QED) is 0.111. The largest absolute Gasteiger partial charge is 0.390 e. The number of likely N-dealkylation sites (tertiary alicyclic amines) is 1. The number of anilines is 2. The van der Waals surface area contributed by atoms with Crippen molar-refractivity contribution in [1.82, 2.24) is 35.3 Å². The molecular formula is C41H49N9O7. The molecule has 2 aromatic carbocycles. The molecule has 16 heteroatoms. The second kappa shape index (κ2) is 18.0. The van der Waals surface area contributed by atoms with Gasteiger partial charge in [0.05, 0.1) is 17.2 Å². The predicted octanol–water partition coefficient (Wildman–Crippen LogP) is 2.10. The number of rotatable bonds is 15. The number of aromatic nitrogens is 2. The zero-order valence-electron chi connectivity index (χ0n) is 31.9. The number of nitrogens with one attached hydrogen (secondary N) is 4. The van der Waals surface area contributed by atoms with Crippen LogP contribution in [0.3, 0.4) is 0 Å². The number of carbonyl (C=O) groups is 6. The van der Waals surface area contributed by atoms with Crippen LogP contribution < -0.4 is 21.3 Å². The number of unbranched alkanes of at least 4 members (excludes halogenated alkanes) is 2. The summed E-state index contributed by atoms with van der Waals surface area (Å²) in [5.74, 6) is -1.90. The number of hydrogen-bond acceptors (Lipinski definition) is 12. The van der Waals surface area contributed by atoms with Gasteiger partial charge in [0.1, 0.15) is 23.9 Å². The topological polar surface area (TPSA) is 206 Å². The van der Waals surface area contributed by atoms with Gasteiger partial charge in [-0.3, -0.25) is 43.9 Å². The average molecular weight is 780 g/mol. The first-order valence-corrected chi connectivity index (χ1v) is 19.8. The van der Waals surface area contributed by atoms with Crippen molar-refractivity contribution in [3.05, 3.63) is 82.8 Å². The molecule has 16 nitrogen and oxygen atoms in total. The van der Waals surface area contributed by atoms with Gasteiger partial charge in [0.2, 0.25) is 17.7 Å². The third-order valence-corrected chi connectivity index (χ3v) is 11.1. The molecule has 300 valence electrons. The van der Waals surface area contributed by atoms with E-state index in [1.807, 2.05) is 17.0 Å². The lowest BCUT2D eigenvalue weighted by atomic mass is 10.00. The van der Waals surface area contributed by atoms with Crippen LogP contribution in [-0.2, 0) is 27.3 Å². The maximum absolute atomic E-state index is 13.3. The van der Waals surface area contributed by atoms with Crippen LogP contribution in [-0.4, -0.2) is 123 Å². The van der Waals surface area contributed by atoms with Crippen LogP contribution in [0.15, 0.2) is 54.9 Å². The lowest BCUT2D eigenvalue weighted by Gasteiger charge is -2.32. The van der Waals surface area contributed by atoms with Crippen molar-refractivity contribution < 1.29 is 33.9 Å². The smallest absolute Gasteiger partial charge is 0.270 e. The Labute approximate surface area is 330 Å². The van der Waals surface area contributed by atoms with Crippen LogP contribution in [0.25, 0.3) is 0 Å². The highest BCUT2D eigenvalue weighted by atomic mass is 16.3. The Hall–Kier alpha value is -5.74. The van der Waals surface area contributed by atoms with E-state index in [1.165, 1.54) is 17.5 Å². The number of piperidine rings is 2. The SMILES string of the molecule is O=C1CCC(N2C(=O)c3cccc(NCCCCCC(=O)N4CCC(Nc5cc(C(=O)NC[C@H](O)CN6CCc7ccccc7C6)ncn5)CC4)c3C2=O)C(=O)N1. The zero-order chi connectivity index (χ0) is 39.9. The first-order valence-electron chi connectivity index (χ1n) is 19.8. The number of benzene rings is 2. The van der Waals surface area contributed by atoms with Crippen LogP contribution in [0.5, 0.6) is 0 Å². The molecular weight excluding hydrogens is 731 g/mol. The molecule has 0 spiro atoms. The van der Waals surface area contributed by atoms with Crippen molar-refractivity contribution in [2.75, 3.05) is 49.9 Å². The molecule has 1 aromatic heterocycles. The fraction of sp³-hybridized carbons (Fsp3) is 0.463. The molecule has 2 saturated heterocycles. The Morgan fingerprint density at radius 1 is 0.895 bits per heavy atom. The highest BCUT2D eigenvalue weighted by molar-refractivity contribution is 6.25. The Morgan fingerprint density at radius 3 is 2.51 bits per heavy atom. The molecule has 57 heavy (non-hydrogen) atoms. The molecule has 0 radical (unpaired) electrons. The van der Waals surface area contributed by atoms with E-state index in [1.54, 1.807) is 24.3 Å². The summed E-state index contributed by atoms with van der Waals surface area (Å²) in [4.78, 5) is 89.7. The summed E-state index contributed by atoms with van der Waals surface area (Å²) in [7, 11) is 0. The second-order valence-corrected chi connectivity index (χ2v) is 15.1. The first kappa shape index (κ1) is 39.5. The molecule has 0 saturated carbocycles. The normalized spacial score (nSPS) is 19.1. The summed E-state index contributed by atoms with van der Waals surface area (Å²) in [6, 6.07) is 14.0. The van der Waals surface area contributed by atoms with Crippen molar-refractivity contribution in [3.8, 4) is 0 Å². The van der Waals surface area contributed by atoms with Gasteiger partial charge in [-0.15, -0.1) is 0 Å². The molecule has 4 aliphatic heterocycles. The zero-order valence-corrected chi connectivity index (χ0v) is 31.9. The van der Waals surface area contributed by atoms with E-state index in [0.717, 1.165) is 50.1 Å². The van der Waals surface area contributed by atoms with E-state index >= 15 is 0 Å². The summed E-state index contributed by atoms with van der Waals surface area (Å²) in [5, 5.41) is 22.3. The van der Waals surface area contributed by atoms with E-state index in [-0.39, 0.29) is 54.1 Å². The van der Waals surface area contributed by atoms with Gasteiger partial charge in [-0.1, -0.05) is 36.8 Å². The minimum Gasteiger partial charge on any atom is -0.390 e. The van der Waals surface area contributed by atoms with Gasteiger partial charge < -0.3 is 26.0 Å². The van der Waals surface area contributed by atoms with Gasteiger partial charge in [0, 0.05) is 76.5 Å². The Bertz CT molecular complexity index is 2020. The monoisotopic (exact) mass is 779 g/mol. The number of carbonyl (C=O) groups excluding carboxylic acids is 6. The summed E-state index contributed by atoms with van der Waals surface area (Å²) >= 11 is 0. The number of aliphatic hydroxyl groups excluding tert-OH is 1. The highest BCUT2D eigenvalue weighted by Crippen LogP contribution is 2.32. The summed E-state index contributed by atoms with van der Waals surface area (Å²) in [6.45, 7) is 3.97. The molecule has 5 heterocycles. The van der Waals surface area contributed by atoms with Gasteiger partial charge in [0.15, 0.2) is 0 Å². The fourth-order valence-corrected chi connectivity index (χ4v) is 8.04. The van der Waals surface area contributed by atoms with Crippen molar-refractivity contribution >= 4 is 46.9 Å². The van der Waals surface area contributed by atoms with Crippen molar-refractivity contribution in [2.45, 2.75) is 82.5 Å². The maximum Gasteiger partial charge on any atom is 0.270 e. The minimum absolute atomic E-state index is 0.0605. The number of aliphatic hydroxyl groups is 1. The Kier molecular flexibility index (Phi) is 12.5. The van der Waals surface area contributed by atoms with Gasteiger partial charge in [0.25, 0.3) is 17.7 Å². The molecule has 6 amide bonds. The van der Waals surface area contributed by atoms with Gasteiger partial charge in [-0.25, -0.2) is 9.97 Å². The molecule has 4 aliphatic rings. The molecule has 5 N–H and O–H groups in total. The molecule has 3 aromatic rings. The van der Waals surface area contributed by atoms with Crippen LogP contribution in [0.2, 0.25) is 0 Å². The summed E-state index contributed by atoms with van der Waals surface area (Å²) < 4.78 is 0. The van der Waals surface area contributed by atoms with Gasteiger partial charge >= 0.3 is 0 Å². The Morgan fingerprint density at radius 2 is 1.70 bits per heavy atom. The number of fused-ring (bicyclic) bond motifs is 2. The highest BCUT2D eigenvalue weighted by Gasteiger charge is 2.45. The van der Waals surface area contributed by atoms with Crippen LogP contribution in [0.1, 0.15) is 93.7 Å². The van der Waals surface area contributed by atoms with Crippen LogP contribution >= 0.6 is 0 Å². The second-order valence-electron chi connectivity index (χ2n) is 15.1. The maximum atomic E-state index is 13.3. The molecule has 0 aliphatic carbocycles. The van der Waals surface area contributed by atoms with E-state index in [0.29, 0.717) is 50.5 Å². The van der Waals surface area contributed by atoms with Crippen molar-refractivity contribution in [1.29, 1.82) is 0 Å². The predicted molar refractivity (Wildman–Crippen MR) is 209 cm³/mol. The standard InChI is InChI=1S/C41H49N9O7/c51-29(24-48-18-14-26-7-3-4-8-27(26)23-48)22-43-38(54)32-21-34(45-25-44-32)46-28-15-19-49(20-16-28)36(53)11-2-1-5-17-42-31-10-6-9-30-37(31)41(57)50(40(30)56)33-12-13-35(52)47-39(33)55/h3-4,6-10,21,25,28-29,33,42,51H,1-2,5,11-20,22-24H2,(H,43,54)(H,44,45,46)(H,47,52,55)/t29-,33?/m0/s1. The number of hydrogen-bond donors (Lipinski definition) is 5. The van der Waals surface area contributed by atoms with Gasteiger partial charge in [-0.2, -0.15) is 0 Å². The van der Waals surface area contributed by atoms with E-state index in [4.69, 9.17) is 0 Å². The third kappa shape index (κ3) is 9.46. The number of amides is 6. The van der Waals surface area contributed by atoms with Crippen LogP contribution in [0, 0.1) is 0 Å². The van der Waals surface area contributed by atoms with Crippen LogP contribution in [0.4, 0.5) is 11.5 Å². The van der Waals surface area contributed by atoms with Crippen molar-refractivity contribution in [2.24, 2.45) is 0 Å². The lowest BCUT2D eigenvalue weighted by molar-refractivity contribution is -0.136. The van der Waals surface area contributed by atoms with E-state index in [2.05, 4.69) is 48.3 Å². The average Bonchev–Trinajstić information content (AvgIpc) is 3.47. The summed E-state index contributed by atoms with van der Waals surface area (Å²) in [5.41, 5.74) is 3.80. The molecule has 2 atom stereocenters. The van der Waals surface area contributed by atoms with E-state index < -0.39 is 35.8 Å². The Balaban J connectivity index is 0.780. The number of β-amino-alcohol motifs (C(OH)–C–C–N with tert-alkyl or cyclic N) is 1. The third-order valence-electron chi connectivity index (χ3n) is 11.1. The lowest BCUT2D eigenvalue weighted by Crippen LogP contribution is -2.54. The first-order chi connectivity index (χ1) is 27.6. The fourth-order valence-electron chi connectivity index (χ4n) is 8.04. The van der Waals surface area contributed by atoms with Crippen molar-refractivity contribution in [3.63, 3.8) is 0 Å². The molecule has 1 unspecified atom stereocenters. The molecule has 0 bridgehead atoms. The van der Waals surface area contributed by atoms with Gasteiger partial charge in [-0.05, 0) is 61.8 Å². The summed E-state index contributed by atoms with van der Waals surface area (Å²) in [6.07, 6.45) is 5.87. The molecule has 7 rings (SSSR count).